The summed E-state index contributed by atoms with van der Waals surface area (Å²) >= 11 is 10.5. The second-order valence-electron chi connectivity index (χ2n) is 3.41. The lowest BCUT2D eigenvalue weighted by Gasteiger charge is -2.13. The molecule has 1 aromatic carbocycles. The standard InChI is InChI=1S/C11H8BrClN2O2S/c12-7-5-6(1-2-8(7)13)15-9(11(16)17)10-14-3-4-18-10/h1-5,9,15H,(H,16,17). The number of aromatic nitrogens is 1. The summed E-state index contributed by atoms with van der Waals surface area (Å²) in [7, 11) is 0. The SMILES string of the molecule is O=C(O)C(Nc1ccc(Cl)c(Br)c1)c1nccs1. The fourth-order valence-electron chi connectivity index (χ4n) is 1.36. The fourth-order valence-corrected chi connectivity index (χ4v) is 2.53. The van der Waals surface area contributed by atoms with E-state index in [0.29, 0.717) is 20.2 Å². The summed E-state index contributed by atoms with van der Waals surface area (Å²) in [6.45, 7) is 0. The number of carboxylic acids is 1. The van der Waals surface area contributed by atoms with Gasteiger partial charge < -0.3 is 10.4 Å². The van der Waals surface area contributed by atoms with Gasteiger partial charge in [-0.3, -0.25) is 0 Å². The number of rotatable bonds is 4. The Balaban J connectivity index is 2.24. The maximum atomic E-state index is 11.2. The Hall–Kier alpha value is -1.11. The predicted molar refractivity (Wildman–Crippen MR) is 75.3 cm³/mol. The van der Waals surface area contributed by atoms with Crippen molar-refractivity contribution in [2.75, 3.05) is 5.32 Å². The van der Waals surface area contributed by atoms with Crippen LogP contribution in [0.4, 0.5) is 5.69 Å². The van der Waals surface area contributed by atoms with Gasteiger partial charge in [0.1, 0.15) is 5.01 Å². The Morgan fingerprint density at radius 2 is 2.33 bits per heavy atom. The van der Waals surface area contributed by atoms with Crippen LogP contribution in [0, 0.1) is 0 Å². The highest BCUT2D eigenvalue weighted by molar-refractivity contribution is 9.10. The Labute approximate surface area is 121 Å². The molecule has 7 heteroatoms. The maximum absolute atomic E-state index is 11.2. The predicted octanol–water partition coefficient (Wildman–Crippen LogP) is 3.80. The summed E-state index contributed by atoms with van der Waals surface area (Å²) in [5, 5.41) is 14.9. The summed E-state index contributed by atoms with van der Waals surface area (Å²) in [4.78, 5) is 15.2. The molecule has 18 heavy (non-hydrogen) atoms. The van der Waals surface area contributed by atoms with Gasteiger partial charge >= 0.3 is 5.97 Å². The van der Waals surface area contributed by atoms with E-state index < -0.39 is 12.0 Å². The highest BCUT2D eigenvalue weighted by atomic mass is 79.9. The van der Waals surface area contributed by atoms with E-state index >= 15 is 0 Å². The van der Waals surface area contributed by atoms with Gasteiger partial charge in [-0.15, -0.1) is 11.3 Å². The molecule has 94 valence electrons. The van der Waals surface area contributed by atoms with Crippen LogP contribution in [0.15, 0.2) is 34.2 Å². The molecule has 1 aromatic heterocycles. The zero-order chi connectivity index (χ0) is 13.1. The molecule has 2 aromatic rings. The summed E-state index contributed by atoms with van der Waals surface area (Å²) < 4.78 is 0.706. The van der Waals surface area contributed by atoms with Crippen molar-refractivity contribution >= 4 is 50.5 Å². The number of anilines is 1. The van der Waals surface area contributed by atoms with Crippen LogP contribution in [0.2, 0.25) is 5.02 Å². The normalized spacial score (nSPS) is 12.1. The van der Waals surface area contributed by atoms with Gasteiger partial charge in [-0.1, -0.05) is 11.6 Å². The molecular weight excluding hydrogens is 340 g/mol. The number of hydrogen-bond acceptors (Lipinski definition) is 4. The van der Waals surface area contributed by atoms with Crippen LogP contribution in [0.5, 0.6) is 0 Å². The third-order valence-corrected chi connectivity index (χ3v) is 4.23. The van der Waals surface area contributed by atoms with E-state index in [1.165, 1.54) is 11.3 Å². The smallest absolute Gasteiger partial charge is 0.333 e. The molecule has 0 radical (unpaired) electrons. The Kier molecular flexibility index (Phi) is 4.21. The highest BCUT2D eigenvalue weighted by Gasteiger charge is 2.22. The van der Waals surface area contributed by atoms with Gasteiger partial charge in [0, 0.05) is 21.7 Å². The minimum absolute atomic E-state index is 0.508. The van der Waals surface area contributed by atoms with Gasteiger partial charge in [-0.2, -0.15) is 0 Å². The van der Waals surface area contributed by atoms with Crippen molar-refractivity contribution in [1.82, 2.24) is 4.98 Å². The molecule has 0 aliphatic carbocycles. The van der Waals surface area contributed by atoms with Crippen molar-refractivity contribution < 1.29 is 9.90 Å². The second-order valence-corrected chi connectivity index (χ2v) is 5.60. The third kappa shape index (κ3) is 3.01. The van der Waals surface area contributed by atoms with Crippen molar-refractivity contribution in [3.05, 3.63) is 44.3 Å². The summed E-state index contributed by atoms with van der Waals surface area (Å²) in [5.41, 5.74) is 0.661. The maximum Gasteiger partial charge on any atom is 0.333 e. The molecule has 0 aliphatic rings. The van der Waals surface area contributed by atoms with Crippen LogP contribution in [-0.2, 0) is 4.79 Å². The first-order chi connectivity index (χ1) is 8.58. The fraction of sp³-hybridized carbons (Fsp3) is 0.0909. The molecule has 0 amide bonds. The van der Waals surface area contributed by atoms with E-state index in [4.69, 9.17) is 11.6 Å². The molecule has 1 unspecified atom stereocenters. The minimum atomic E-state index is -0.976. The van der Waals surface area contributed by atoms with Crippen molar-refractivity contribution in [1.29, 1.82) is 0 Å². The molecule has 0 fully saturated rings. The van der Waals surface area contributed by atoms with Gasteiger partial charge in [-0.25, -0.2) is 9.78 Å². The van der Waals surface area contributed by atoms with Crippen molar-refractivity contribution in [3.63, 3.8) is 0 Å². The Morgan fingerprint density at radius 1 is 1.56 bits per heavy atom. The lowest BCUT2D eigenvalue weighted by atomic mass is 10.2. The third-order valence-electron chi connectivity index (χ3n) is 2.18. The second kappa shape index (κ2) is 5.69. The van der Waals surface area contributed by atoms with E-state index in [2.05, 4.69) is 26.2 Å². The largest absolute Gasteiger partial charge is 0.479 e. The van der Waals surface area contributed by atoms with E-state index in [-0.39, 0.29) is 0 Å². The number of benzene rings is 1. The van der Waals surface area contributed by atoms with Crippen LogP contribution in [-0.4, -0.2) is 16.1 Å². The van der Waals surface area contributed by atoms with Gasteiger partial charge in [0.2, 0.25) is 0 Å². The topological polar surface area (TPSA) is 62.2 Å². The number of nitrogens with one attached hydrogen (secondary N) is 1. The van der Waals surface area contributed by atoms with Gasteiger partial charge in [0.25, 0.3) is 0 Å². The highest BCUT2D eigenvalue weighted by Crippen LogP contribution is 2.28. The summed E-state index contributed by atoms with van der Waals surface area (Å²) in [6.07, 6.45) is 1.58. The molecule has 1 heterocycles. The van der Waals surface area contributed by atoms with Crippen LogP contribution < -0.4 is 5.32 Å². The van der Waals surface area contributed by atoms with Crippen LogP contribution >= 0.6 is 38.9 Å². The number of aliphatic carboxylic acids is 1. The lowest BCUT2D eigenvalue weighted by molar-refractivity contribution is -0.138. The Morgan fingerprint density at radius 3 is 2.89 bits per heavy atom. The molecule has 0 saturated carbocycles. The average Bonchev–Trinajstić information content (AvgIpc) is 2.83. The molecule has 0 saturated heterocycles. The summed E-state index contributed by atoms with van der Waals surface area (Å²) in [5.74, 6) is -0.976. The minimum Gasteiger partial charge on any atom is -0.479 e. The average molecular weight is 348 g/mol. The molecule has 4 nitrogen and oxygen atoms in total. The molecular formula is C11H8BrClN2O2S. The number of nitrogens with zero attached hydrogens (tertiary/aromatic N) is 1. The zero-order valence-electron chi connectivity index (χ0n) is 8.93. The first kappa shape index (κ1) is 13.3. The first-order valence-electron chi connectivity index (χ1n) is 4.91. The molecule has 0 bridgehead atoms. The van der Waals surface area contributed by atoms with Crippen molar-refractivity contribution in [3.8, 4) is 0 Å². The van der Waals surface area contributed by atoms with Crippen LogP contribution in [0.3, 0.4) is 0 Å². The zero-order valence-corrected chi connectivity index (χ0v) is 12.1. The molecule has 1 atom stereocenters. The first-order valence-corrected chi connectivity index (χ1v) is 6.97. The number of thiazole rings is 1. The number of carboxylic acid groups (broad SMARTS) is 1. The van der Waals surface area contributed by atoms with E-state index in [1.54, 1.807) is 29.8 Å². The molecule has 0 spiro atoms. The van der Waals surface area contributed by atoms with Gasteiger partial charge in [-0.05, 0) is 34.1 Å². The van der Waals surface area contributed by atoms with Crippen molar-refractivity contribution in [2.24, 2.45) is 0 Å². The van der Waals surface area contributed by atoms with E-state index in [0.717, 1.165) is 0 Å². The number of carbonyl (C=O) groups is 1. The van der Waals surface area contributed by atoms with E-state index in [1.807, 2.05) is 0 Å². The van der Waals surface area contributed by atoms with Gasteiger partial charge in [0.05, 0.1) is 5.02 Å². The van der Waals surface area contributed by atoms with Crippen molar-refractivity contribution in [2.45, 2.75) is 6.04 Å². The number of hydrogen-bond donors (Lipinski definition) is 2. The van der Waals surface area contributed by atoms with E-state index in [9.17, 15) is 9.90 Å². The molecule has 2 rings (SSSR count). The Bertz CT molecular complexity index is 562. The molecule has 0 aliphatic heterocycles. The molecule has 2 N–H and O–H groups in total. The van der Waals surface area contributed by atoms with Crippen LogP contribution in [0.25, 0.3) is 0 Å². The number of halogens is 2. The monoisotopic (exact) mass is 346 g/mol. The quantitative estimate of drug-likeness (QED) is 0.883. The van der Waals surface area contributed by atoms with Gasteiger partial charge in [0.15, 0.2) is 6.04 Å². The lowest BCUT2D eigenvalue weighted by Crippen LogP contribution is -2.20. The van der Waals surface area contributed by atoms with Crippen LogP contribution in [0.1, 0.15) is 11.0 Å². The summed E-state index contributed by atoms with van der Waals surface area (Å²) in [6, 6.07) is 4.27.